The van der Waals surface area contributed by atoms with Crippen molar-refractivity contribution in [3.63, 3.8) is 0 Å². The Labute approximate surface area is 201 Å². The van der Waals surface area contributed by atoms with E-state index in [4.69, 9.17) is 21.1 Å². The number of carbonyl (C=O) groups is 1. The highest BCUT2D eigenvalue weighted by Crippen LogP contribution is 2.27. The second-order valence-corrected chi connectivity index (χ2v) is 9.65. The van der Waals surface area contributed by atoms with Gasteiger partial charge in [-0.15, -0.1) is 0 Å². The Balaban J connectivity index is 1.46. The molecular weight excluding hydrogens is 440 g/mol. The number of hydrogen-bond donors (Lipinski definition) is 0. The third kappa shape index (κ3) is 6.71. The van der Waals surface area contributed by atoms with Gasteiger partial charge in [-0.3, -0.25) is 14.4 Å². The molecule has 2 fully saturated rings. The van der Waals surface area contributed by atoms with Gasteiger partial charge < -0.3 is 14.4 Å². The number of rotatable bonds is 9. The van der Waals surface area contributed by atoms with Crippen LogP contribution in [0.3, 0.4) is 0 Å². The lowest BCUT2D eigenvalue weighted by atomic mass is 9.96. The van der Waals surface area contributed by atoms with Crippen molar-refractivity contribution in [1.29, 1.82) is 0 Å². The highest BCUT2D eigenvalue weighted by molar-refractivity contribution is 6.30. The van der Waals surface area contributed by atoms with Crippen LogP contribution in [0.25, 0.3) is 0 Å². The van der Waals surface area contributed by atoms with Crippen LogP contribution in [-0.2, 0) is 22.6 Å². The number of aryl methyl sites for hydroxylation is 1. The molecule has 2 aromatic rings. The van der Waals surface area contributed by atoms with Crippen LogP contribution >= 0.6 is 11.6 Å². The Morgan fingerprint density at radius 3 is 2.73 bits per heavy atom. The lowest BCUT2D eigenvalue weighted by Gasteiger charge is -2.43. The largest absolute Gasteiger partial charge is 0.491 e. The molecule has 4 rings (SSSR count). The highest BCUT2D eigenvalue weighted by atomic mass is 35.5. The number of amides is 1. The maximum Gasteiger partial charge on any atom is 0.225 e. The highest BCUT2D eigenvalue weighted by Gasteiger charge is 2.41. The quantitative estimate of drug-likeness (QED) is 0.549. The summed E-state index contributed by atoms with van der Waals surface area (Å²) in [6, 6.07) is 7.32. The zero-order valence-corrected chi connectivity index (χ0v) is 20.3. The second-order valence-electron chi connectivity index (χ2n) is 9.21. The number of piperidine rings is 1. The molecule has 1 unspecified atom stereocenters. The first kappa shape index (κ1) is 24.0. The number of likely N-dealkylation sites (tertiary alicyclic amines) is 1. The van der Waals surface area contributed by atoms with E-state index >= 15 is 0 Å². The Morgan fingerprint density at radius 1 is 1.18 bits per heavy atom. The summed E-state index contributed by atoms with van der Waals surface area (Å²) in [6.45, 7) is 7.89. The fourth-order valence-corrected chi connectivity index (χ4v) is 4.80. The summed E-state index contributed by atoms with van der Waals surface area (Å²) in [4.78, 5) is 17.6. The molecule has 1 amide bonds. The fraction of sp³-hybridized carbons (Fsp3) is 0.600. The average Bonchev–Trinajstić information content (AvgIpc) is 3.26. The fourth-order valence-electron chi connectivity index (χ4n) is 4.68. The van der Waals surface area contributed by atoms with Crippen molar-refractivity contribution in [1.82, 2.24) is 19.6 Å². The number of hydrogen-bond acceptors (Lipinski definition) is 5. The third-order valence-electron chi connectivity index (χ3n) is 6.37. The van der Waals surface area contributed by atoms with Gasteiger partial charge in [0.1, 0.15) is 18.0 Å². The Bertz CT molecular complexity index is 897. The number of carbonyl (C=O) groups excluding carboxylic acids is 1. The van der Waals surface area contributed by atoms with Gasteiger partial charge in [-0.05, 0) is 49.9 Å². The predicted octanol–water partition coefficient (Wildman–Crippen LogP) is 4.00. The number of aromatic nitrogens is 2. The molecule has 180 valence electrons. The van der Waals surface area contributed by atoms with E-state index in [1.807, 2.05) is 40.0 Å². The number of ether oxygens (including phenoxy) is 2. The predicted molar refractivity (Wildman–Crippen MR) is 128 cm³/mol. The minimum absolute atomic E-state index is 0.159. The van der Waals surface area contributed by atoms with Gasteiger partial charge >= 0.3 is 0 Å². The monoisotopic (exact) mass is 474 g/mol. The maximum atomic E-state index is 13.2. The molecular formula is C25H35ClN4O3. The third-order valence-corrected chi connectivity index (χ3v) is 6.62. The maximum absolute atomic E-state index is 13.2. The lowest BCUT2D eigenvalue weighted by Crippen LogP contribution is -2.57. The SMILES string of the molecule is CCCn1cc(CN2CCOC(COc3ccc(Cl)cc3)(CC(=O)N3CCCCC3)C2)cn1. The van der Waals surface area contributed by atoms with Gasteiger partial charge in [0.05, 0.1) is 19.2 Å². The molecule has 0 radical (unpaired) electrons. The second kappa shape index (κ2) is 11.4. The van der Waals surface area contributed by atoms with Gasteiger partial charge in [-0.1, -0.05) is 18.5 Å². The molecule has 2 saturated heterocycles. The molecule has 3 heterocycles. The van der Waals surface area contributed by atoms with Gasteiger partial charge in [-0.25, -0.2) is 0 Å². The van der Waals surface area contributed by atoms with E-state index in [2.05, 4.69) is 23.1 Å². The summed E-state index contributed by atoms with van der Waals surface area (Å²) in [6.07, 6.45) is 8.79. The first-order chi connectivity index (χ1) is 16.0. The molecule has 2 aliphatic rings. The molecule has 0 saturated carbocycles. The van der Waals surface area contributed by atoms with Crippen LogP contribution in [0.2, 0.25) is 5.02 Å². The number of nitrogens with zero attached hydrogens (tertiary/aromatic N) is 4. The standard InChI is InChI=1S/C25H35ClN4O3/c1-2-10-30-18-21(16-27-30)17-28-13-14-33-25(19-28,15-24(31)29-11-4-3-5-12-29)20-32-23-8-6-22(26)7-9-23/h6-9,16,18H,2-5,10-15,17,19-20H2,1H3. The molecule has 0 N–H and O–H groups in total. The van der Waals surface area contributed by atoms with Crippen molar-refractivity contribution < 1.29 is 14.3 Å². The van der Waals surface area contributed by atoms with Crippen molar-refractivity contribution in [2.24, 2.45) is 0 Å². The summed E-state index contributed by atoms with van der Waals surface area (Å²) in [5.41, 5.74) is 0.492. The molecule has 2 aliphatic heterocycles. The summed E-state index contributed by atoms with van der Waals surface area (Å²) < 4.78 is 14.4. The van der Waals surface area contributed by atoms with Gasteiger partial charge in [-0.2, -0.15) is 5.10 Å². The zero-order valence-electron chi connectivity index (χ0n) is 19.5. The minimum Gasteiger partial charge on any atom is -0.491 e. The Kier molecular flexibility index (Phi) is 8.28. The summed E-state index contributed by atoms with van der Waals surface area (Å²) in [5, 5.41) is 5.13. The average molecular weight is 475 g/mol. The first-order valence-electron chi connectivity index (χ1n) is 12.1. The van der Waals surface area contributed by atoms with Crippen molar-refractivity contribution in [3.8, 4) is 5.75 Å². The molecule has 1 atom stereocenters. The smallest absolute Gasteiger partial charge is 0.225 e. The molecule has 1 aromatic carbocycles. The van der Waals surface area contributed by atoms with E-state index in [9.17, 15) is 4.79 Å². The summed E-state index contributed by atoms with van der Waals surface area (Å²) in [7, 11) is 0. The molecule has 8 heteroatoms. The summed E-state index contributed by atoms with van der Waals surface area (Å²) in [5.74, 6) is 0.887. The van der Waals surface area contributed by atoms with Gasteiger partial charge in [0.25, 0.3) is 0 Å². The van der Waals surface area contributed by atoms with Crippen LogP contribution in [0, 0.1) is 0 Å². The summed E-state index contributed by atoms with van der Waals surface area (Å²) >= 11 is 6.02. The van der Waals surface area contributed by atoms with Crippen LogP contribution in [0.5, 0.6) is 5.75 Å². The van der Waals surface area contributed by atoms with Gasteiger partial charge in [0.15, 0.2) is 0 Å². The van der Waals surface area contributed by atoms with E-state index in [-0.39, 0.29) is 5.91 Å². The van der Waals surface area contributed by atoms with Crippen LogP contribution in [0.1, 0.15) is 44.6 Å². The van der Waals surface area contributed by atoms with E-state index < -0.39 is 5.60 Å². The van der Waals surface area contributed by atoms with Crippen molar-refractivity contribution in [3.05, 3.63) is 47.2 Å². The number of benzene rings is 1. The molecule has 0 spiro atoms. The number of halogens is 1. The zero-order chi connectivity index (χ0) is 23.1. The Morgan fingerprint density at radius 2 is 1.97 bits per heavy atom. The van der Waals surface area contributed by atoms with E-state index in [1.54, 1.807) is 0 Å². The van der Waals surface area contributed by atoms with E-state index in [0.29, 0.717) is 31.2 Å². The molecule has 1 aromatic heterocycles. The first-order valence-corrected chi connectivity index (χ1v) is 12.5. The molecule has 0 aliphatic carbocycles. The van der Waals surface area contributed by atoms with Crippen LogP contribution in [0.15, 0.2) is 36.7 Å². The molecule has 0 bridgehead atoms. The molecule has 7 nitrogen and oxygen atoms in total. The Hall–Kier alpha value is -2.09. The van der Waals surface area contributed by atoms with E-state index in [0.717, 1.165) is 57.7 Å². The van der Waals surface area contributed by atoms with Crippen molar-refractivity contribution >= 4 is 17.5 Å². The number of morpholine rings is 1. The minimum atomic E-state index is -0.689. The topological polar surface area (TPSA) is 59.8 Å². The van der Waals surface area contributed by atoms with Gasteiger partial charge in [0, 0.05) is 56.1 Å². The lowest BCUT2D eigenvalue weighted by molar-refractivity contribution is -0.157. The van der Waals surface area contributed by atoms with Crippen LogP contribution < -0.4 is 4.74 Å². The van der Waals surface area contributed by atoms with Crippen LogP contribution in [-0.4, -0.2) is 70.5 Å². The van der Waals surface area contributed by atoms with E-state index in [1.165, 1.54) is 12.0 Å². The van der Waals surface area contributed by atoms with Crippen LogP contribution in [0.4, 0.5) is 0 Å². The normalized spacial score (nSPS) is 21.8. The van der Waals surface area contributed by atoms with Gasteiger partial charge in [0.2, 0.25) is 5.91 Å². The molecule has 33 heavy (non-hydrogen) atoms. The van der Waals surface area contributed by atoms with Crippen molar-refractivity contribution in [2.75, 3.05) is 39.4 Å². The van der Waals surface area contributed by atoms with Crippen molar-refractivity contribution in [2.45, 2.75) is 57.7 Å².